The summed E-state index contributed by atoms with van der Waals surface area (Å²) in [7, 11) is 2.75. The second-order valence-corrected chi connectivity index (χ2v) is 8.34. The summed E-state index contributed by atoms with van der Waals surface area (Å²) < 4.78 is 60.1. The molecule has 0 bridgehead atoms. The average Bonchev–Trinajstić information content (AvgIpc) is 3.35. The lowest BCUT2D eigenvalue weighted by atomic mass is 10.1. The summed E-state index contributed by atoms with van der Waals surface area (Å²) in [4.78, 5) is 41.4. The van der Waals surface area contributed by atoms with Gasteiger partial charge in [0.05, 0.1) is 17.7 Å². The molecule has 13 heteroatoms. The Kier molecular flexibility index (Phi) is 5.67. The van der Waals surface area contributed by atoms with Gasteiger partial charge in [-0.25, -0.2) is 14.2 Å². The first-order chi connectivity index (χ1) is 15.9. The van der Waals surface area contributed by atoms with Gasteiger partial charge in [0.1, 0.15) is 17.0 Å². The number of hydrogen-bond donors (Lipinski definition) is 1. The molecule has 8 nitrogen and oxygen atoms in total. The number of carbonyl (C=O) groups excluding carboxylic acids is 1. The van der Waals surface area contributed by atoms with Crippen molar-refractivity contribution in [2.75, 3.05) is 5.32 Å². The van der Waals surface area contributed by atoms with E-state index in [1.165, 1.54) is 19.5 Å². The Morgan fingerprint density at radius 2 is 1.91 bits per heavy atom. The first-order valence-corrected chi connectivity index (χ1v) is 10.6. The minimum atomic E-state index is -4.86. The Morgan fingerprint density at radius 1 is 1.21 bits per heavy atom. The summed E-state index contributed by atoms with van der Waals surface area (Å²) in [5.41, 5.74) is -2.10. The number of alkyl halides is 3. The van der Waals surface area contributed by atoms with Gasteiger partial charge in [0.2, 0.25) is 11.6 Å². The SMILES string of the molecule is Cc1oc2c(c1CC(=O)Nc1nc(-c3ccc(F)c(C(F)(F)F)c3)cs1)c(=O)n(C)c(=O)n2C. The number of rotatable bonds is 4. The molecule has 0 unspecified atom stereocenters. The molecule has 178 valence electrons. The highest BCUT2D eigenvalue weighted by Crippen LogP contribution is 2.35. The van der Waals surface area contributed by atoms with E-state index in [4.69, 9.17) is 4.42 Å². The quantitative estimate of drug-likeness (QED) is 0.436. The average molecular weight is 496 g/mol. The molecule has 1 aromatic carbocycles. The number of amides is 1. The van der Waals surface area contributed by atoms with E-state index >= 15 is 0 Å². The molecule has 0 atom stereocenters. The van der Waals surface area contributed by atoms with E-state index in [-0.39, 0.29) is 39.7 Å². The van der Waals surface area contributed by atoms with E-state index in [1.54, 1.807) is 6.92 Å². The van der Waals surface area contributed by atoms with Crippen LogP contribution in [0.25, 0.3) is 22.4 Å². The molecule has 4 rings (SSSR count). The van der Waals surface area contributed by atoms with E-state index in [1.807, 2.05) is 0 Å². The first kappa shape index (κ1) is 23.4. The zero-order chi connectivity index (χ0) is 24.9. The van der Waals surface area contributed by atoms with E-state index in [2.05, 4.69) is 10.3 Å². The lowest BCUT2D eigenvalue weighted by Crippen LogP contribution is -2.36. The van der Waals surface area contributed by atoms with Gasteiger partial charge in [-0.3, -0.25) is 18.7 Å². The number of aryl methyl sites for hydroxylation is 2. The number of furan rings is 1. The van der Waals surface area contributed by atoms with Gasteiger partial charge in [-0.1, -0.05) is 0 Å². The van der Waals surface area contributed by atoms with Gasteiger partial charge in [0, 0.05) is 30.6 Å². The molecule has 0 aliphatic heterocycles. The van der Waals surface area contributed by atoms with Gasteiger partial charge in [0.15, 0.2) is 5.13 Å². The van der Waals surface area contributed by atoms with Crippen molar-refractivity contribution in [3.63, 3.8) is 0 Å². The third-order valence-electron chi connectivity index (χ3n) is 5.24. The number of nitrogens with one attached hydrogen (secondary N) is 1. The third kappa shape index (κ3) is 4.02. The number of anilines is 1. The number of halogens is 4. The molecule has 1 N–H and O–H groups in total. The van der Waals surface area contributed by atoms with Crippen molar-refractivity contribution >= 4 is 33.5 Å². The molecule has 3 heterocycles. The number of hydrogen-bond acceptors (Lipinski definition) is 6. The molecule has 0 radical (unpaired) electrons. The van der Waals surface area contributed by atoms with Gasteiger partial charge in [-0.15, -0.1) is 11.3 Å². The first-order valence-electron chi connectivity index (χ1n) is 9.69. The smallest absolute Gasteiger partial charge is 0.419 e. The molecule has 34 heavy (non-hydrogen) atoms. The summed E-state index contributed by atoms with van der Waals surface area (Å²) in [6, 6.07) is 2.51. The van der Waals surface area contributed by atoms with Crippen LogP contribution in [-0.2, 0) is 31.5 Å². The fourth-order valence-electron chi connectivity index (χ4n) is 3.49. The van der Waals surface area contributed by atoms with Crippen LogP contribution >= 0.6 is 11.3 Å². The molecule has 0 spiro atoms. The number of benzene rings is 1. The lowest BCUT2D eigenvalue weighted by Gasteiger charge is -2.09. The topological polar surface area (TPSA) is 99.1 Å². The maximum atomic E-state index is 13.5. The van der Waals surface area contributed by atoms with Gasteiger partial charge in [-0.05, 0) is 25.1 Å². The van der Waals surface area contributed by atoms with Crippen molar-refractivity contribution in [1.82, 2.24) is 14.1 Å². The number of aromatic nitrogens is 3. The van der Waals surface area contributed by atoms with Crippen LogP contribution in [0.1, 0.15) is 16.9 Å². The molecular formula is C21H16F4N4O4S. The predicted octanol–water partition coefficient (Wildman–Crippen LogP) is 3.60. The summed E-state index contributed by atoms with van der Waals surface area (Å²) >= 11 is 0.968. The molecule has 0 aliphatic rings. The van der Waals surface area contributed by atoms with E-state index < -0.39 is 34.7 Å². The normalized spacial score (nSPS) is 11.9. The molecule has 3 aromatic heterocycles. The van der Waals surface area contributed by atoms with Crippen LogP contribution in [0.3, 0.4) is 0 Å². The fourth-order valence-corrected chi connectivity index (χ4v) is 4.22. The molecule has 0 saturated carbocycles. The molecule has 4 aromatic rings. The number of carbonyl (C=O) groups is 1. The van der Waals surface area contributed by atoms with Crippen LogP contribution in [0.2, 0.25) is 0 Å². The Balaban J connectivity index is 1.60. The van der Waals surface area contributed by atoms with Crippen LogP contribution in [0.4, 0.5) is 22.7 Å². The summed E-state index contributed by atoms with van der Waals surface area (Å²) in [5.74, 6) is -1.67. The number of thiazole rings is 1. The largest absolute Gasteiger partial charge is 0.444 e. The van der Waals surface area contributed by atoms with E-state index in [0.29, 0.717) is 17.7 Å². The van der Waals surface area contributed by atoms with Gasteiger partial charge < -0.3 is 9.73 Å². The minimum absolute atomic E-state index is 0.0339. The standard InChI is InChI=1S/C21H16F4N4O4S/c1-9-11(16-17(31)28(2)20(32)29(3)18(16)33-9)7-15(30)27-19-26-14(8-34-19)10-4-5-13(22)12(6-10)21(23,24)25/h4-6,8H,7H2,1-3H3,(H,26,27,30). The monoisotopic (exact) mass is 496 g/mol. The summed E-state index contributed by atoms with van der Waals surface area (Å²) in [5, 5.41) is 4.16. The van der Waals surface area contributed by atoms with Crippen LogP contribution in [0.5, 0.6) is 0 Å². The van der Waals surface area contributed by atoms with Crippen molar-refractivity contribution in [3.8, 4) is 11.3 Å². The second kappa shape index (κ2) is 8.24. The fraction of sp³-hybridized carbons (Fsp3) is 0.238. The van der Waals surface area contributed by atoms with Crippen molar-refractivity contribution < 1.29 is 26.8 Å². The summed E-state index contributed by atoms with van der Waals surface area (Å²) in [6.45, 7) is 1.56. The Bertz CT molecular complexity index is 1560. The van der Waals surface area contributed by atoms with Gasteiger partial charge in [-0.2, -0.15) is 13.2 Å². The second-order valence-electron chi connectivity index (χ2n) is 7.48. The third-order valence-corrected chi connectivity index (χ3v) is 6.00. The summed E-state index contributed by atoms with van der Waals surface area (Å²) in [6.07, 6.45) is -5.13. The van der Waals surface area contributed by atoms with Crippen LogP contribution in [0, 0.1) is 12.7 Å². The molecular weight excluding hydrogens is 480 g/mol. The maximum absolute atomic E-state index is 13.5. The number of fused-ring (bicyclic) bond motifs is 1. The minimum Gasteiger partial charge on any atom is -0.444 e. The van der Waals surface area contributed by atoms with Crippen molar-refractivity contribution in [3.05, 3.63) is 67.1 Å². The Hall–Kier alpha value is -3.74. The van der Waals surface area contributed by atoms with Crippen molar-refractivity contribution in [1.29, 1.82) is 0 Å². The maximum Gasteiger partial charge on any atom is 0.419 e. The molecule has 0 saturated heterocycles. The van der Waals surface area contributed by atoms with Gasteiger partial charge >= 0.3 is 11.9 Å². The predicted molar refractivity (Wildman–Crippen MR) is 116 cm³/mol. The molecule has 1 amide bonds. The highest BCUT2D eigenvalue weighted by Gasteiger charge is 2.34. The Morgan fingerprint density at radius 3 is 2.59 bits per heavy atom. The van der Waals surface area contributed by atoms with Gasteiger partial charge in [0.25, 0.3) is 5.56 Å². The van der Waals surface area contributed by atoms with E-state index in [0.717, 1.165) is 26.5 Å². The molecule has 0 aliphatic carbocycles. The zero-order valence-electron chi connectivity index (χ0n) is 17.9. The highest BCUT2D eigenvalue weighted by molar-refractivity contribution is 7.14. The van der Waals surface area contributed by atoms with Crippen LogP contribution in [0.15, 0.2) is 37.6 Å². The Labute approximate surface area is 192 Å². The number of nitrogens with zero attached hydrogens (tertiary/aromatic N) is 3. The highest BCUT2D eigenvalue weighted by atomic mass is 32.1. The van der Waals surface area contributed by atoms with E-state index in [9.17, 15) is 31.9 Å². The molecule has 0 fully saturated rings. The van der Waals surface area contributed by atoms with Crippen LogP contribution in [-0.4, -0.2) is 20.0 Å². The van der Waals surface area contributed by atoms with Crippen molar-refractivity contribution in [2.24, 2.45) is 14.1 Å². The van der Waals surface area contributed by atoms with Crippen molar-refractivity contribution in [2.45, 2.75) is 19.5 Å². The lowest BCUT2D eigenvalue weighted by molar-refractivity contribution is -0.140. The van der Waals surface area contributed by atoms with Crippen LogP contribution < -0.4 is 16.6 Å². The zero-order valence-corrected chi connectivity index (χ0v) is 18.7.